The number of benzene rings is 2. The summed E-state index contributed by atoms with van der Waals surface area (Å²) in [6.45, 7) is 0. The summed E-state index contributed by atoms with van der Waals surface area (Å²) >= 11 is 11.7. The Balaban J connectivity index is 2.03. The van der Waals surface area contributed by atoms with E-state index in [0.717, 1.165) is 11.3 Å². The number of nitrogens with zero attached hydrogens (tertiary/aromatic N) is 1. The molecule has 0 amide bonds. The molecule has 0 bridgehead atoms. The van der Waals surface area contributed by atoms with E-state index in [2.05, 4.69) is 10.5 Å². The zero-order valence-electron chi connectivity index (χ0n) is 8.90. The van der Waals surface area contributed by atoms with Gasteiger partial charge in [0.15, 0.2) is 0 Å². The van der Waals surface area contributed by atoms with Gasteiger partial charge in [0.25, 0.3) is 0 Å². The summed E-state index contributed by atoms with van der Waals surface area (Å²) in [5, 5.41) is 5.17. The molecule has 0 unspecified atom stereocenters. The topological polar surface area (TPSA) is 24.4 Å². The smallest absolute Gasteiger partial charge is 0.0598 e. The van der Waals surface area contributed by atoms with Gasteiger partial charge in [-0.3, -0.25) is 5.43 Å². The molecule has 0 saturated carbocycles. The zero-order valence-corrected chi connectivity index (χ0v) is 10.4. The molecule has 2 aromatic carbocycles. The number of halogens is 2. The second-order valence-electron chi connectivity index (χ2n) is 3.41. The average Bonchev–Trinajstić information content (AvgIpc) is 2.35. The van der Waals surface area contributed by atoms with E-state index in [4.69, 9.17) is 23.2 Å². The highest BCUT2D eigenvalue weighted by atomic mass is 35.5. The Labute approximate surface area is 110 Å². The molecule has 0 aliphatic carbocycles. The fraction of sp³-hybridized carbons (Fsp3) is 0. The highest BCUT2D eigenvalue weighted by Gasteiger charge is 1.96. The summed E-state index contributed by atoms with van der Waals surface area (Å²) in [5.41, 5.74) is 4.75. The van der Waals surface area contributed by atoms with Crippen molar-refractivity contribution < 1.29 is 0 Å². The minimum Gasteiger partial charge on any atom is -0.279 e. The van der Waals surface area contributed by atoms with Gasteiger partial charge in [0.2, 0.25) is 0 Å². The Bertz CT molecular complexity index is 524. The molecule has 0 heterocycles. The Hall–Kier alpha value is -1.51. The van der Waals surface area contributed by atoms with E-state index in [-0.39, 0.29) is 0 Å². The lowest BCUT2D eigenvalue weighted by molar-refractivity contribution is 1.35. The number of anilines is 1. The van der Waals surface area contributed by atoms with Gasteiger partial charge in [-0.1, -0.05) is 47.5 Å². The molecule has 4 heteroatoms. The van der Waals surface area contributed by atoms with Gasteiger partial charge in [-0.15, -0.1) is 0 Å². The molecule has 0 aromatic heterocycles. The first-order chi connectivity index (χ1) is 8.25. The van der Waals surface area contributed by atoms with Crippen LogP contribution in [0.2, 0.25) is 10.0 Å². The van der Waals surface area contributed by atoms with Crippen molar-refractivity contribution in [2.75, 3.05) is 5.43 Å². The molecular weight excluding hydrogens is 255 g/mol. The summed E-state index contributed by atoms with van der Waals surface area (Å²) in [4.78, 5) is 0. The predicted molar refractivity (Wildman–Crippen MR) is 74.1 cm³/mol. The van der Waals surface area contributed by atoms with Gasteiger partial charge >= 0.3 is 0 Å². The third kappa shape index (κ3) is 3.48. The summed E-state index contributed by atoms with van der Waals surface area (Å²) in [7, 11) is 0. The van der Waals surface area contributed by atoms with Crippen LogP contribution in [0.25, 0.3) is 0 Å². The van der Waals surface area contributed by atoms with Crippen molar-refractivity contribution in [1.29, 1.82) is 0 Å². The Morgan fingerprint density at radius 1 is 0.941 bits per heavy atom. The van der Waals surface area contributed by atoms with Crippen LogP contribution in [-0.2, 0) is 0 Å². The van der Waals surface area contributed by atoms with Crippen LogP contribution in [0.3, 0.4) is 0 Å². The Kier molecular flexibility index (Phi) is 4.02. The minimum atomic E-state index is 0.523. The SMILES string of the molecule is Clc1ccc(C=NNc2ccccc2)cc1Cl. The van der Waals surface area contributed by atoms with E-state index in [9.17, 15) is 0 Å². The summed E-state index contributed by atoms with van der Waals surface area (Å²) < 4.78 is 0. The molecule has 2 nitrogen and oxygen atoms in total. The molecule has 0 atom stereocenters. The van der Waals surface area contributed by atoms with E-state index < -0.39 is 0 Å². The third-order valence-electron chi connectivity index (χ3n) is 2.12. The van der Waals surface area contributed by atoms with E-state index in [0.29, 0.717) is 10.0 Å². The lowest BCUT2D eigenvalue weighted by Gasteiger charge is -1.99. The average molecular weight is 265 g/mol. The quantitative estimate of drug-likeness (QED) is 0.644. The van der Waals surface area contributed by atoms with Crippen molar-refractivity contribution in [3.8, 4) is 0 Å². The standard InChI is InChI=1S/C13H10Cl2N2/c14-12-7-6-10(8-13(12)15)9-16-17-11-4-2-1-3-5-11/h1-9,17H. The second kappa shape index (κ2) is 5.71. The Morgan fingerprint density at radius 2 is 1.71 bits per heavy atom. The molecule has 0 fully saturated rings. The summed E-state index contributed by atoms with van der Waals surface area (Å²) in [6, 6.07) is 15.1. The first-order valence-electron chi connectivity index (χ1n) is 5.05. The van der Waals surface area contributed by atoms with Gasteiger partial charge < -0.3 is 0 Å². The molecule has 86 valence electrons. The third-order valence-corrected chi connectivity index (χ3v) is 2.86. The molecule has 2 aromatic rings. The number of hydrazone groups is 1. The second-order valence-corrected chi connectivity index (χ2v) is 4.22. The van der Waals surface area contributed by atoms with Crippen LogP contribution in [-0.4, -0.2) is 6.21 Å². The van der Waals surface area contributed by atoms with E-state index in [1.54, 1.807) is 18.3 Å². The van der Waals surface area contributed by atoms with Crippen LogP contribution in [0.1, 0.15) is 5.56 Å². The molecule has 2 rings (SSSR count). The molecular formula is C13H10Cl2N2. The van der Waals surface area contributed by atoms with Gasteiger partial charge in [-0.25, -0.2) is 0 Å². The highest BCUT2D eigenvalue weighted by Crippen LogP contribution is 2.21. The van der Waals surface area contributed by atoms with Crippen LogP contribution in [0, 0.1) is 0 Å². The van der Waals surface area contributed by atoms with Gasteiger partial charge in [0, 0.05) is 0 Å². The van der Waals surface area contributed by atoms with Gasteiger partial charge in [0.1, 0.15) is 0 Å². The molecule has 0 aliphatic rings. The van der Waals surface area contributed by atoms with Crippen LogP contribution < -0.4 is 5.43 Å². The largest absolute Gasteiger partial charge is 0.279 e. The maximum atomic E-state index is 5.90. The maximum Gasteiger partial charge on any atom is 0.0598 e. The number of rotatable bonds is 3. The fourth-order valence-electron chi connectivity index (χ4n) is 1.29. The normalized spacial score (nSPS) is 10.7. The van der Waals surface area contributed by atoms with Crippen LogP contribution in [0.15, 0.2) is 53.6 Å². The lowest BCUT2D eigenvalue weighted by Crippen LogP contribution is -1.90. The number of hydrogen-bond acceptors (Lipinski definition) is 2. The zero-order chi connectivity index (χ0) is 12.1. The van der Waals surface area contributed by atoms with Gasteiger partial charge in [0.05, 0.1) is 21.9 Å². The lowest BCUT2D eigenvalue weighted by atomic mass is 10.2. The molecule has 17 heavy (non-hydrogen) atoms. The number of hydrogen-bond donors (Lipinski definition) is 1. The van der Waals surface area contributed by atoms with Crippen molar-refractivity contribution in [2.24, 2.45) is 5.10 Å². The van der Waals surface area contributed by atoms with Crippen molar-refractivity contribution in [3.05, 3.63) is 64.1 Å². The summed E-state index contributed by atoms with van der Waals surface area (Å²) in [6.07, 6.45) is 1.69. The van der Waals surface area contributed by atoms with E-state index >= 15 is 0 Å². The maximum absolute atomic E-state index is 5.90. The van der Waals surface area contributed by atoms with E-state index in [1.165, 1.54) is 0 Å². The summed E-state index contributed by atoms with van der Waals surface area (Å²) in [5.74, 6) is 0. The molecule has 0 aliphatic heterocycles. The number of para-hydroxylation sites is 1. The molecule has 0 radical (unpaired) electrons. The molecule has 1 N–H and O–H groups in total. The van der Waals surface area contributed by atoms with Crippen LogP contribution in [0.4, 0.5) is 5.69 Å². The minimum absolute atomic E-state index is 0.523. The number of nitrogens with one attached hydrogen (secondary N) is 1. The monoisotopic (exact) mass is 264 g/mol. The van der Waals surface area contributed by atoms with Crippen molar-refractivity contribution in [2.45, 2.75) is 0 Å². The first-order valence-corrected chi connectivity index (χ1v) is 5.80. The molecule has 0 saturated heterocycles. The van der Waals surface area contributed by atoms with E-state index in [1.807, 2.05) is 36.4 Å². The van der Waals surface area contributed by atoms with Gasteiger partial charge in [-0.05, 0) is 29.8 Å². The van der Waals surface area contributed by atoms with Crippen molar-refractivity contribution in [1.82, 2.24) is 0 Å². The van der Waals surface area contributed by atoms with Crippen LogP contribution in [0.5, 0.6) is 0 Å². The fourth-order valence-corrected chi connectivity index (χ4v) is 1.59. The first kappa shape index (κ1) is 12.0. The highest BCUT2D eigenvalue weighted by molar-refractivity contribution is 6.42. The van der Waals surface area contributed by atoms with Crippen LogP contribution >= 0.6 is 23.2 Å². The predicted octanol–water partition coefficient (Wildman–Crippen LogP) is 4.44. The van der Waals surface area contributed by atoms with Crippen molar-refractivity contribution in [3.63, 3.8) is 0 Å². The van der Waals surface area contributed by atoms with Gasteiger partial charge in [-0.2, -0.15) is 5.10 Å². The Morgan fingerprint density at radius 3 is 2.41 bits per heavy atom. The molecule has 0 spiro atoms. The van der Waals surface area contributed by atoms with Crippen molar-refractivity contribution >= 4 is 35.1 Å².